The van der Waals surface area contributed by atoms with Crippen LogP contribution in [0, 0.1) is 0 Å². The Morgan fingerprint density at radius 3 is 2.47 bits per heavy atom. The van der Waals surface area contributed by atoms with Crippen LogP contribution in [0.5, 0.6) is 0 Å². The van der Waals surface area contributed by atoms with Crippen LogP contribution in [0.15, 0.2) is 36.7 Å². The summed E-state index contributed by atoms with van der Waals surface area (Å²) in [5.74, 6) is 0. The minimum atomic E-state index is -0.756. The zero-order chi connectivity index (χ0) is 13.9. The van der Waals surface area contributed by atoms with Crippen LogP contribution in [0.1, 0.15) is 19.4 Å². The van der Waals surface area contributed by atoms with Crippen molar-refractivity contribution in [3.8, 4) is 11.1 Å². The molecule has 4 nitrogen and oxygen atoms in total. The van der Waals surface area contributed by atoms with Crippen LogP contribution >= 0.6 is 0 Å². The average Bonchev–Trinajstić information content (AvgIpc) is 2.76. The molecule has 0 fully saturated rings. The van der Waals surface area contributed by atoms with Crippen molar-refractivity contribution in [2.24, 2.45) is 5.73 Å². The molecule has 0 aliphatic heterocycles. The number of benzene rings is 1. The van der Waals surface area contributed by atoms with Crippen molar-refractivity contribution in [3.63, 3.8) is 0 Å². The van der Waals surface area contributed by atoms with E-state index in [0.29, 0.717) is 13.1 Å². The van der Waals surface area contributed by atoms with Crippen LogP contribution in [0.4, 0.5) is 0 Å². The summed E-state index contributed by atoms with van der Waals surface area (Å²) >= 11 is 0. The lowest BCUT2D eigenvalue weighted by Crippen LogP contribution is -2.26. The highest BCUT2D eigenvalue weighted by molar-refractivity contribution is 5.61. The first-order chi connectivity index (χ1) is 8.98. The second-order valence-electron chi connectivity index (χ2n) is 5.47. The maximum atomic E-state index is 9.77. The molecule has 102 valence electrons. The van der Waals surface area contributed by atoms with Crippen molar-refractivity contribution in [1.29, 1.82) is 0 Å². The Balaban J connectivity index is 2.13. The lowest BCUT2D eigenvalue weighted by Gasteiger charge is -2.16. The van der Waals surface area contributed by atoms with E-state index in [1.807, 2.05) is 12.4 Å². The molecule has 0 saturated heterocycles. The summed E-state index contributed by atoms with van der Waals surface area (Å²) in [4.78, 5) is 0. The summed E-state index contributed by atoms with van der Waals surface area (Å²) in [5.41, 5.74) is 8.21. The third-order valence-corrected chi connectivity index (χ3v) is 2.90. The Morgan fingerprint density at radius 1 is 1.21 bits per heavy atom. The molecule has 3 N–H and O–H groups in total. The van der Waals surface area contributed by atoms with Crippen LogP contribution < -0.4 is 5.73 Å². The van der Waals surface area contributed by atoms with E-state index in [9.17, 15) is 5.11 Å². The van der Waals surface area contributed by atoms with Gasteiger partial charge in [-0.25, -0.2) is 0 Å². The van der Waals surface area contributed by atoms with Gasteiger partial charge in [-0.15, -0.1) is 0 Å². The largest absolute Gasteiger partial charge is 0.389 e. The summed E-state index contributed by atoms with van der Waals surface area (Å²) in [7, 11) is 0. The van der Waals surface area contributed by atoms with Gasteiger partial charge in [0.05, 0.1) is 18.3 Å². The lowest BCUT2D eigenvalue weighted by molar-refractivity contribution is 0.0577. The molecule has 4 heteroatoms. The van der Waals surface area contributed by atoms with E-state index in [1.165, 1.54) is 5.56 Å². The topological polar surface area (TPSA) is 64.1 Å². The first-order valence-electron chi connectivity index (χ1n) is 6.52. The van der Waals surface area contributed by atoms with E-state index in [-0.39, 0.29) is 0 Å². The van der Waals surface area contributed by atoms with Crippen LogP contribution in [0.3, 0.4) is 0 Å². The Kier molecular flexibility index (Phi) is 4.02. The van der Waals surface area contributed by atoms with Crippen LogP contribution in [0.2, 0.25) is 0 Å². The van der Waals surface area contributed by atoms with E-state index >= 15 is 0 Å². The van der Waals surface area contributed by atoms with Crippen molar-refractivity contribution >= 4 is 0 Å². The standard InChI is InChI=1S/C15H21N3O/c1-15(2,19)11-18-10-14(9-17-18)13-5-3-12(4-6-13)7-8-16/h3-6,9-10,19H,7-8,11,16H2,1-2H3. The Hall–Kier alpha value is -1.65. The first kappa shape index (κ1) is 13.8. The van der Waals surface area contributed by atoms with Gasteiger partial charge in [0, 0.05) is 11.8 Å². The normalized spacial score (nSPS) is 11.8. The molecule has 0 unspecified atom stereocenters. The Labute approximate surface area is 113 Å². The van der Waals surface area contributed by atoms with Gasteiger partial charge < -0.3 is 10.8 Å². The van der Waals surface area contributed by atoms with Gasteiger partial charge in [-0.05, 0) is 37.9 Å². The zero-order valence-electron chi connectivity index (χ0n) is 11.5. The van der Waals surface area contributed by atoms with Crippen molar-refractivity contribution in [3.05, 3.63) is 42.2 Å². The fraction of sp³-hybridized carbons (Fsp3) is 0.400. The van der Waals surface area contributed by atoms with Gasteiger partial charge in [0.1, 0.15) is 0 Å². The minimum Gasteiger partial charge on any atom is -0.389 e. The number of nitrogens with two attached hydrogens (primary N) is 1. The molecule has 19 heavy (non-hydrogen) atoms. The maximum absolute atomic E-state index is 9.77. The number of hydrogen-bond acceptors (Lipinski definition) is 3. The van der Waals surface area contributed by atoms with E-state index < -0.39 is 5.60 Å². The molecule has 0 radical (unpaired) electrons. The number of rotatable bonds is 5. The lowest BCUT2D eigenvalue weighted by atomic mass is 10.1. The molecule has 0 aliphatic carbocycles. The monoisotopic (exact) mass is 259 g/mol. The van der Waals surface area contributed by atoms with E-state index in [4.69, 9.17) is 5.73 Å². The molecule has 1 aromatic carbocycles. The fourth-order valence-electron chi connectivity index (χ4n) is 2.03. The van der Waals surface area contributed by atoms with Crippen LogP contribution in [-0.2, 0) is 13.0 Å². The third kappa shape index (κ3) is 3.91. The highest BCUT2D eigenvalue weighted by Gasteiger charge is 2.14. The summed E-state index contributed by atoms with van der Waals surface area (Å²) in [6, 6.07) is 8.35. The predicted molar refractivity (Wildman–Crippen MR) is 76.7 cm³/mol. The SMILES string of the molecule is CC(C)(O)Cn1cc(-c2ccc(CCN)cc2)cn1. The summed E-state index contributed by atoms with van der Waals surface area (Å²) in [6.45, 7) is 4.70. The molecule has 0 atom stereocenters. The van der Waals surface area contributed by atoms with E-state index in [2.05, 4.69) is 29.4 Å². The zero-order valence-corrected chi connectivity index (χ0v) is 11.5. The second kappa shape index (κ2) is 5.55. The molecule has 1 aromatic heterocycles. The van der Waals surface area contributed by atoms with Crippen molar-refractivity contribution < 1.29 is 5.11 Å². The quantitative estimate of drug-likeness (QED) is 0.861. The Morgan fingerprint density at radius 2 is 1.89 bits per heavy atom. The maximum Gasteiger partial charge on any atom is 0.0786 e. The highest BCUT2D eigenvalue weighted by atomic mass is 16.3. The molecule has 0 amide bonds. The predicted octanol–water partition coefficient (Wildman–Crippen LogP) is 1.82. The fourth-order valence-corrected chi connectivity index (χ4v) is 2.03. The van der Waals surface area contributed by atoms with Crippen molar-refractivity contribution in [1.82, 2.24) is 9.78 Å². The van der Waals surface area contributed by atoms with Gasteiger partial charge in [-0.1, -0.05) is 24.3 Å². The molecule has 0 aliphatic rings. The summed E-state index contributed by atoms with van der Waals surface area (Å²) < 4.78 is 1.77. The summed E-state index contributed by atoms with van der Waals surface area (Å²) in [6.07, 6.45) is 4.68. The average molecular weight is 259 g/mol. The van der Waals surface area contributed by atoms with E-state index in [0.717, 1.165) is 17.5 Å². The Bertz CT molecular complexity index is 523. The molecular weight excluding hydrogens is 238 g/mol. The highest BCUT2D eigenvalue weighted by Crippen LogP contribution is 2.20. The van der Waals surface area contributed by atoms with Gasteiger partial charge in [0.25, 0.3) is 0 Å². The summed E-state index contributed by atoms with van der Waals surface area (Å²) in [5, 5.41) is 14.0. The molecule has 2 rings (SSSR count). The van der Waals surface area contributed by atoms with Gasteiger partial charge in [-0.3, -0.25) is 4.68 Å². The number of hydrogen-bond donors (Lipinski definition) is 2. The van der Waals surface area contributed by atoms with Crippen molar-refractivity contribution in [2.75, 3.05) is 6.54 Å². The van der Waals surface area contributed by atoms with Gasteiger partial charge in [0.2, 0.25) is 0 Å². The minimum absolute atomic E-state index is 0.484. The van der Waals surface area contributed by atoms with Crippen LogP contribution in [-0.4, -0.2) is 27.0 Å². The third-order valence-electron chi connectivity index (χ3n) is 2.90. The van der Waals surface area contributed by atoms with Gasteiger partial charge in [0.15, 0.2) is 0 Å². The molecule has 2 aromatic rings. The molecule has 0 bridgehead atoms. The van der Waals surface area contributed by atoms with Crippen molar-refractivity contribution in [2.45, 2.75) is 32.4 Å². The van der Waals surface area contributed by atoms with Gasteiger partial charge >= 0.3 is 0 Å². The van der Waals surface area contributed by atoms with Gasteiger partial charge in [-0.2, -0.15) is 5.10 Å². The molecule has 1 heterocycles. The molecular formula is C15H21N3O. The molecule has 0 saturated carbocycles. The molecule has 0 spiro atoms. The smallest absolute Gasteiger partial charge is 0.0786 e. The first-order valence-corrected chi connectivity index (χ1v) is 6.52. The number of nitrogens with zero attached hydrogens (tertiary/aromatic N) is 2. The second-order valence-corrected chi connectivity index (χ2v) is 5.47. The number of aromatic nitrogens is 2. The van der Waals surface area contributed by atoms with E-state index in [1.54, 1.807) is 18.5 Å². The number of aliphatic hydroxyl groups is 1. The van der Waals surface area contributed by atoms with Crippen LogP contribution in [0.25, 0.3) is 11.1 Å².